The monoisotopic (exact) mass is 195 g/mol. The lowest BCUT2D eigenvalue weighted by Gasteiger charge is -2.31. The van der Waals surface area contributed by atoms with Gasteiger partial charge in [0.05, 0.1) is 6.04 Å². The van der Waals surface area contributed by atoms with Crippen LogP contribution in [0.1, 0.15) is 10.9 Å². The van der Waals surface area contributed by atoms with Gasteiger partial charge in [-0.1, -0.05) is 6.07 Å². The highest BCUT2D eigenvalue weighted by Crippen LogP contribution is 2.24. The van der Waals surface area contributed by atoms with Crippen molar-refractivity contribution in [1.82, 2.24) is 10.2 Å². The minimum absolute atomic E-state index is 0.186. The molecule has 1 aliphatic heterocycles. The molecule has 1 aromatic heterocycles. The number of thiophene rings is 1. The van der Waals surface area contributed by atoms with E-state index in [0.29, 0.717) is 0 Å². The molecule has 3 nitrogen and oxygen atoms in total. The van der Waals surface area contributed by atoms with Crippen LogP contribution in [0.5, 0.6) is 0 Å². The maximum atomic E-state index is 10.6. The van der Waals surface area contributed by atoms with Crippen molar-refractivity contribution >= 4 is 17.7 Å². The second-order valence-electron chi connectivity index (χ2n) is 3.02. The van der Waals surface area contributed by atoms with E-state index < -0.39 is 0 Å². The lowest BCUT2D eigenvalue weighted by Crippen LogP contribution is -2.44. The van der Waals surface area contributed by atoms with E-state index in [-0.39, 0.29) is 6.04 Å². The van der Waals surface area contributed by atoms with Gasteiger partial charge in [-0.3, -0.25) is 4.79 Å². The maximum absolute atomic E-state index is 10.6. The number of nitrogens with one attached hydrogen (secondary N) is 1. The largest absolute Gasteiger partial charge is 0.324 e. The summed E-state index contributed by atoms with van der Waals surface area (Å²) in [5.74, 6) is 0. The van der Waals surface area contributed by atoms with Crippen molar-refractivity contribution in [3.05, 3.63) is 22.4 Å². The summed E-state index contributed by atoms with van der Waals surface area (Å²) in [7, 11) is 0. The topological polar surface area (TPSA) is 32.3 Å². The first-order chi connectivity index (χ1) is 6.42. The van der Waals surface area contributed by atoms with Gasteiger partial charge in [-0.15, -0.1) is 11.3 Å². The van der Waals surface area contributed by atoms with Crippen LogP contribution in [-0.4, -0.2) is 30.9 Å². The van der Waals surface area contributed by atoms with Gasteiger partial charge < -0.3 is 10.2 Å². The Kier molecular flexibility index (Phi) is 2.61. The summed E-state index contributed by atoms with van der Waals surface area (Å²) < 4.78 is 0. The lowest BCUT2D eigenvalue weighted by molar-refractivity contribution is 0.252. The van der Waals surface area contributed by atoms with Gasteiger partial charge in [0.2, 0.25) is 0 Å². The SMILES string of the molecule is O=[C]N1CCNCC1c1cccs1. The Labute approximate surface area is 81.4 Å². The van der Waals surface area contributed by atoms with Crippen LogP contribution < -0.4 is 5.32 Å². The second-order valence-corrected chi connectivity index (χ2v) is 4.00. The van der Waals surface area contributed by atoms with E-state index in [4.69, 9.17) is 0 Å². The molecule has 1 amide bonds. The molecule has 0 spiro atoms. The maximum Gasteiger partial charge on any atom is 0.312 e. The number of rotatable bonds is 2. The smallest absolute Gasteiger partial charge is 0.312 e. The van der Waals surface area contributed by atoms with Crippen LogP contribution in [0, 0.1) is 0 Å². The van der Waals surface area contributed by atoms with Crippen molar-refractivity contribution in [3.8, 4) is 0 Å². The number of hydrogen-bond acceptors (Lipinski definition) is 3. The molecule has 4 heteroatoms. The fourth-order valence-electron chi connectivity index (χ4n) is 1.55. The third-order valence-corrected chi connectivity index (χ3v) is 3.21. The molecule has 13 heavy (non-hydrogen) atoms. The second kappa shape index (κ2) is 3.89. The van der Waals surface area contributed by atoms with Crippen LogP contribution in [0.3, 0.4) is 0 Å². The Balaban J connectivity index is 2.15. The Morgan fingerprint density at radius 3 is 3.31 bits per heavy atom. The first-order valence-electron chi connectivity index (χ1n) is 4.30. The Morgan fingerprint density at radius 1 is 1.69 bits per heavy atom. The highest BCUT2D eigenvalue weighted by Gasteiger charge is 2.23. The molecule has 0 saturated carbocycles. The average Bonchev–Trinajstić information content (AvgIpc) is 2.70. The van der Waals surface area contributed by atoms with Gasteiger partial charge in [0, 0.05) is 24.5 Å². The van der Waals surface area contributed by atoms with Crippen LogP contribution >= 0.6 is 11.3 Å². The standard InChI is InChI=1S/C9H11N2OS/c12-7-11-4-3-10-6-8(11)9-2-1-5-13-9/h1-2,5,8,10H,3-4,6H2. The first kappa shape index (κ1) is 8.72. The molecule has 1 fully saturated rings. The van der Waals surface area contributed by atoms with Gasteiger partial charge >= 0.3 is 6.41 Å². The van der Waals surface area contributed by atoms with E-state index in [1.54, 1.807) is 16.2 Å². The molecule has 2 heterocycles. The first-order valence-corrected chi connectivity index (χ1v) is 5.18. The van der Waals surface area contributed by atoms with Gasteiger partial charge in [-0.25, -0.2) is 0 Å². The van der Waals surface area contributed by atoms with Crippen molar-refractivity contribution in [3.63, 3.8) is 0 Å². The van der Waals surface area contributed by atoms with Crippen LogP contribution in [0.4, 0.5) is 0 Å². The Hall–Kier alpha value is -0.870. The summed E-state index contributed by atoms with van der Waals surface area (Å²) in [5.41, 5.74) is 0. The molecule has 2 rings (SSSR count). The molecule has 0 aliphatic carbocycles. The minimum Gasteiger partial charge on any atom is -0.324 e. The highest BCUT2D eigenvalue weighted by molar-refractivity contribution is 7.10. The number of amides is 1. The highest BCUT2D eigenvalue weighted by atomic mass is 32.1. The summed E-state index contributed by atoms with van der Waals surface area (Å²) in [6.07, 6.45) is 1.99. The summed E-state index contributed by atoms with van der Waals surface area (Å²) in [6, 6.07) is 4.26. The predicted octanol–water partition coefficient (Wildman–Crippen LogP) is 0.762. The number of piperazine rings is 1. The zero-order valence-corrected chi connectivity index (χ0v) is 8.01. The van der Waals surface area contributed by atoms with Gasteiger partial charge in [0.15, 0.2) is 0 Å². The number of nitrogens with zero attached hydrogens (tertiary/aromatic N) is 1. The van der Waals surface area contributed by atoms with Crippen molar-refractivity contribution in [2.75, 3.05) is 19.6 Å². The molecule has 1 aromatic rings. The third kappa shape index (κ3) is 1.73. The summed E-state index contributed by atoms with van der Waals surface area (Å²) in [4.78, 5) is 13.6. The van der Waals surface area contributed by atoms with Crippen LogP contribution in [0.25, 0.3) is 0 Å². The molecular formula is C9H11N2OS. The molecule has 69 valence electrons. The van der Waals surface area contributed by atoms with E-state index in [2.05, 4.69) is 11.4 Å². The zero-order chi connectivity index (χ0) is 9.10. The quantitative estimate of drug-likeness (QED) is 0.755. The Bertz CT molecular complexity index is 273. The summed E-state index contributed by atoms with van der Waals surface area (Å²) >= 11 is 1.69. The zero-order valence-electron chi connectivity index (χ0n) is 7.19. The van der Waals surface area contributed by atoms with Gasteiger partial charge in [0.1, 0.15) is 0 Å². The van der Waals surface area contributed by atoms with E-state index in [0.717, 1.165) is 19.6 Å². The van der Waals surface area contributed by atoms with Gasteiger partial charge in [-0.2, -0.15) is 0 Å². The predicted molar refractivity (Wildman–Crippen MR) is 52.3 cm³/mol. The molecule has 1 unspecified atom stereocenters. The molecule has 1 atom stereocenters. The fraction of sp³-hybridized carbons (Fsp3) is 0.444. The molecule has 1 saturated heterocycles. The van der Waals surface area contributed by atoms with E-state index in [1.165, 1.54) is 4.88 Å². The molecule has 1 radical (unpaired) electrons. The number of hydrogen-bond donors (Lipinski definition) is 1. The Morgan fingerprint density at radius 2 is 2.62 bits per heavy atom. The van der Waals surface area contributed by atoms with Crippen molar-refractivity contribution in [1.29, 1.82) is 0 Å². The van der Waals surface area contributed by atoms with Crippen molar-refractivity contribution < 1.29 is 4.79 Å². The van der Waals surface area contributed by atoms with Gasteiger partial charge in [0.25, 0.3) is 0 Å². The van der Waals surface area contributed by atoms with Crippen molar-refractivity contribution in [2.45, 2.75) is 6.04 Å². The summed E-state index contributed by atoms with van der Waals surface area (Å²) in [6.45, 7) is 2.47. The van der Waals surface area contributed by atoms with E-state index in [1.807, 2.05) is 17.9 Å². The van der Waals surface area contributed by atoms with Crippen molar-refractivity contribution in [2.24, 2.45) is 0 Å². The molecular weight excluding hydrogens is 184 g/mol. The fourth-order valence-corrected chi connectivity index (χ4v) is 2.39. The normalized spacial score (nSPS) is 23.1. The number of carbonyl (C=O) groups excluding carboxylic acids is 1. The van der Waals surface area contributed by atoms with Crippen LogP contribution in [-0.2, 0) is 4.79 Å². The van der Waals surface area contributed by atoms with Crippen LogP contribution in [0.15, 0.2) is 17.5 Å². The van der Waals surface area contributed by atoms with E-state index in [9.17, 15) is 4.79 Å². The molecule has 1 aliphatic rings. The summed E-state index contributed by atoms with van der Waals surface area (Å²) in [5, 5.41) is 5.31. The van der Waals surface area contributed by atoms with Crippen LogP contribution in [0.2, 0.25) is 0 Å². The average molecular weight is 195 g/mol. The third-order valence-electron chi connectivity index (χ3n) is 2.23. The van der Waals surface area contributed by atoms with E-state index >= 15 is 0 Å². The minimum atomic E-state index is 0.186. The molecule has 1 N–H and O–H groups in total. The molecule has 0 aromatic carbocycles. The van der Waals surface area contributed by atoms with Gasteiger partial charge in [-0.05, 0) is 11.4 Å². The molecule has 0 bridgehead atoms. The lowest BCUT2D eigenvalue weighted by atomic mass is 10.2.